The summed E-state index contributed by atoms with van der Waals surface area (Å²) in [5, 5.41) is 0. The maximum atomic E-state index is 13.1. The molecule has 1 atom stereocenters. The van der Waals surface area contributed by atoms with Crippen molar-refractivity contribution in [2.24, 2.45) is 0 Å². The number of rotatable bonds is 4. The molecule has 9 heteroatoms. The highest BCUT2D eigenvalue weighted by Crippen LogP contribution is 2.36. The van der Waals surface area contributed by atoms with Crippen molar-refractivity contribution in [2.75, 3.05) is 42.5 Å². The number of piperazine rings is 1. The van der Waals surface area contributed by atoms with Crippen molar-refractivity contribution in [1.82, 2.24) is 4.90 Å². The lowest BCUT2D eigenvalue weighted by atomic mass is 10.1. The second-order valence-corrected chi connectivity index (χ2v) is 8.33. The summed E-state index contributed by atoms with van der Waals surface area (Å²) in [5.41, 5.74) is 1.33. The Kier molecular flexibility index (Phi) is 6.23. The van der Waals surface area contributed by atoms with E-state index in [9.17, 15) is 22.8 Å². The van der Waals surface area contributed by atoms with Gasteiger partial charge >= 0.3 is 6.18 Å². The Morgan fingerprint density at radius 3 is 2.48 bits per heavy atom. The fraction of sp³-hybridized carbons (Fsp3) is 0.417. The molecule has 0 bridgehead atoms. The smallest absolute Gasteiger partial charge is 0.416 e. The minimum atomic E-state index is -4.40. The summed E-state index contributed by atoms with van der Waals surface area (Å²) in [6.07, 6.45) is -4.54. The van der Waals surface area contributed by atoms with Crippen LogP contribution in [-0.2, 0) is 15.8 Å². The van der Waals surface area contributed by atoms with E-state index in [4.69, 9.17) is 4.74 Å². The predicted molar refractivity (Wildman–Crippen MR) is 118 cm³/mol. The number of ether oxygens (including phenoxy) is 1. The summed E-state index contributed by atoms with van der Waals surface area (Å²) in [4.78, 5) is 31.0. The molecule has 2 amide bonds. The zero-order valence-corrected chi connectivity index (χ0v) is 18.6. The molecule has 2 heterocycles. The molecule has 176 valence electrons. The number of carbonyl (C=O) groups excluding carboxylic acids is 2. The Morgan fingerprint density at radius 2 is 1.82 bits per heavy atom. The van der Waals surface area contributed by atoms with Gasteiger partial charge in [-0.2, -0.15) is 13.2 Å². The molecule has 0 aromatic heterocycles. The highest BCUT2D eigenvalue weighted by molar-refractivity contribution is 6.04. The average molecular weight is 461 g/mol. The number of halogens is 3. The van der Waals surface area contributed by atoms with E-state index in [1.54, 1.807) is 11.0 Å². The van der Waals surface area contributed by atoms with Crippen molar-refractivity contribution in [3.05, 3.63) is 53.6 Å². The van der Waals surface area contributed by atoms with Crippen molar-refractivity contribution < 1.29 is 27.5 Å². The molecule has 2 aliphatic heterocycles. The van der Waals surface area contributed by atoms with E-state index in [0.29, 0.717) is 49.7 Å². The molecule has 1 fully saturated rings. The van der Waals surface area contributed by atoms with Crippen molar-refractivity contribution in [1.29, 1.82) is 0 Å². The second kappa shape index (κ2) is 8.96. The number of anilines is 2. The van der Waals surface area contributed by atoms with Gasteiger partial charge in [-0.3, -0.25) is 14.5 Å². The van der Waals surface area contributed by atoms with Crippen LogP contribution in [0.1, 0.15) is 24.5 Å². The van der Waals surface area contributed by atoms with Crippen LogP contribution in [0, 0.1) is 6.92 Å². The van der Waals surface area contributed by atoms with Crippen molar-refractivity contribution >= 4 is 23.2 Å². The van der Waals surface area contributed by atoms with Crippen molar-refractivity contribution in [3.63, 3.8) is 0 Å². The number of alkyl halides is 3. The Bertz CT molecular complexity index is 1050. The first-order chi connectivity index (χ1) is 15.7. The second-order valence-electron chi connectivity index (χ2n) is 8.33. The molecule has 0 aliphatic carbocycles. The largest absolute Gasteiger partial charge is 0.478 e. The standard InChI is InChI=1S/C24H26F3N3O3/c1-3-20-23(32)30(19-13-16(2)7-8-21(19)33-20)15-22(31)29-11-9-28(10-12-29)18-6-4-5-17(14-18)24(25,26)27/h4-8,13-14,20H,3,9-12,15H2,1-2H3. The highest BCUT2D eigenvalue weighted by Gasteiger charge is 2.36. The number of aryl methyl sites for hydroxylation is 1. The number of amides is 2. The molecule has 2 aliphatic rings. The number of hydrogen-bond donors (Lipinski definition) is 0. The predicted octanol–water partition coefficient (Wildman–Crippen LogP) is 3.87. The number of hydrogen-bond acceptors (Lipinski definition) is 4. The summed E-state index contributed by atoms with van der Waals surface area (Å²) in [6.45, 7) is 5.23. The lowest BCUT2D eigenvalue weighted by molar-refractivity contribution is -0.137. The molecule has 0 N–H and O–H groups in total. The molecule has 4 rings (SSSR count). The minimum Gasteiger partial charge on any atom is -0.478 e. The Labute approximate surface area is 190 Å². The van der Waals surface area contributed by atoms with Crippen LogP contribution in [0.3, 0.4) is 0 Å². The molecular weight excluding hydrogens is 435 g/mol. The summed E-state index contributed by atoms with van der Waals surface area (Å²) in [7, 11) is 0. The van der Waals surface area contributed by atoms with Gasteiger partial charge in [0.2, 0.25) is 5.91 Å². The Hall–Kier alpha value is -3.23. The van der Waals surface area contributed by atoms with Gasteiger partial charge in [-0.1, -0.05) is 19.1 Å². The molecule has 0 saturated carbocycles. The van der Waals surface area contributed by atoms with Crippen LogP contribution in [0.4, 0.5) is 24.5 Å². The van der Waals surface area contributed by atoms with E-state index in [2.05, 4.69) is 0 Å². The summed E-state index contributed by atoms with van der Waals surface area (Å²) in [6, 6.07) is 10.8. The lowest BCUT2D eigenvalue weighted by Crippen LogP contribution is -2.54. The molecule has 2 aromatic rings. The normalized spacial score (nSPS) is 18.8. The van der Waals surface area contributed by atoms with Gasteiger partial charge in [-0.05, 0) is 49.2 Å². The quantitative estimate of drug-likeness (QED) is 0.694. The van der Waals surface area contributed by atoms with Crippen LogP contribution in [0.15, 0.2) is 42.5 Å². The summed E-state index contributed by atoms with van der Waals surface area (Å²) < 4.78 is 44.9. The molecule has 0 radical (unpaired) electrons. The third-order valence-electron chi connectivity index (χ3n) is 6.05. The average Bonchev–Trinajstić information content (AvgIpc) is 2.80. The van der Waals surface area contributed by atoms with Gasteiger partial charge in [0.15, 0.2) is 6.10 Å². The lowest BCUT2D eigenvalue weighted by Gasteiger charge is -2.38. The molecule has 0 spiro atoms. The molecular formula is C24H26F3N3O3. The van der Waals surface area contributed by atoms with Gasteiger partial charge in [0.05, 0.1) is 11.3 Å². The van der Waals surface area contributed by atoms with Gasteiger partial charge in [0.1, 0.15) is 12.3 Å². The number of fused-ring (bicyclic) bond motifs is 1. The fourth-order valence-electron chi connectivity index (χ4n) is 4.18. The fourth-order valence-corrected chi connectivity index (χ4v) is 4.18. The Balaban J connectivity index is 1.44. The summed E-state index contributed by atoms with van der Waals surface area (Å²) >= 11 is 0. The van der Waals surface area contributed by atoms with Gasteiger partial charge in [-0.25, -0.2) is 0 Å². The topological polar surface area (TPSA) is 53.1 Å². The van der Waals surface area contributed by atoms with Crippen molar-refractivity contribution in [2.45, 2.75) is 32.5 Å². The van der Waals surface area contributed by atoms with Crippen LogP contribution >= 0.6 is 0 Å². The van der Waals surface area contributed by atoms with Gasteiger partial charge in [-0.15, -0.1) is 0 Å². The van der Waals surface area contributed by atoms with E-state index in [1.807, 2.05) is 36.9 Å². The molecule has 33 heavy (non-hydrogen) atoms. The van der Waals surface area contributed by atoms with Crippen LogP contribution in [0.2, 0.25) is 0 Å². The third-order valence-corrected chi connectivity index (χ3v) is 6.05. The zero-order valence-electron chi connectivity index (χ0n) is 18.6. The SMILES string of the molecule is CCC1Oc2ccc(C)cc2N(CC(=O)N2CCN(c3cccc(C(F)(F)F)c3)CC2)C1=O. The summed E-state index contributed by atoms with van der Waals surface area (Å²) in [5.74, 6) is 0.136. The first kappa shape index (κ1) is 22.9. The van der Waals surface area contributed by atoms with Gasteiger partial charge in [0.25, 0.3) is 5.91 Å². The van der Waals surface area contributed by atoms with Gasteiger partial charge < -0.3 is 14.5 Å². The maximum absolute atomic E-state index is 13.1. The first-order valence-corrected chi connectivity index (χ1v) is 11.0. The van der Waals surface area contributed by atoms with Crippen LogP contribution in [0.25, 0.3) is 0 Å². The third kappa shape index (κ3) is 4.77. The maximum Gasteiger partial charge on any atom is 0.416 e. The van der Waals surface area contributed by atoms with Crippen LogP contribution in [-0.4, -0.2) is 55.5 Å². The van der Waals surface area contributed by atoms with Crippen LogP contribution in [0.5, 0.6) is 5.75 Å². The Morgan fingerprint density at radius 1 is 1.09 bits per heavy atom. The molecule has 6 nitrogen and oxygen atoms in total. The zero-order chi connectivity index (χ0) is 23.8. The monoisotopic (exact) mass is 461 g/mol. The van der Waals surface area contributed by atoms with Crippen molar-refractivity contribution in [3.8, 4) is 5.75 Å². The van der Waals surface area contributed by atoms with E-state index in [1.165, 1.54) is 11.0 Å². The van der Waals surface area contributed by atoms with E-state index < -0.39 is 17.8 Å². The van der Waals surface area contributed by atoms with E-state index in [-0.39, 0.29) is 18.4 Å². The molecule has 1 saturated heterocycles. The number of benzene rings is 2. The minimum absolute atomic E-state index is 0.0985. The van der Waals surface area contributed by atoms with E-state index in [0.717, 1.165) is 17.7 Å². The van der Waals surface area contributed by atoms with Gasteiger partial charge in [0, 0.05) is 31.9 Å². The first-order valence-electron chi connectivity index (χ1n) is 11.0. The van der Waals surface area contributed by atoms with E-state index >= 15 is 0 Å². The van der Waals surface area contributed by atoms with Crippen LogP contribution < -0.4 is 14.5 Å². The molecule has 2 aromatic carbocycles. The number of nitrogens with zero attached hydrogens (tertiary/aromatic N) is 3. The molecule has 1 unspecified atom stereocenters. The highest BCUT2D eigenvalue weighted by atomic mass is 19.4. The number of carbonyl (C=O) groups is 2.